The Morgan fingerprint density at radius 2 is 1.66 bits per heavy atom. The Bertz CT molecular complexity index is 920. The highest BCUT2D eigenvalue weighted by molar-refractivity contribution is 5.99. The summed E-state index contributed by atoms with van der Waals surface area (Å²) in [5.74, 6) is 0.140. The van der Waals surface area contributed by atoms with Crippen molar-refractivity contribution in [1.82, 2.24) is 9.47 Å². The molecular formula is C27H36N2O3. The van der Waals surface area contributed by atoms with Crippen molar-refractivity contribution in [2.45, 2.75) is 71.4 Å². The first kappa shape index (κ1) is 22.8. The quantitative estimate of drug-likeness (QED) is 0.439. The number of esters is 1. The fraction of sp³-hybridized carbons (Fsp3) is 0.556. The van der Waals surface area contributed by atoms with Crippen molar-refractivity contribution in [3.05, 3.63) is 58.9 Å². The average Bonchev–Trinajstić information content (AvgIpc) is 3.13. The van der Waals surface area contributed by atoms with E-state index in [0.29, 0.717) is 19.2 Å². The van der Waals surface area contributed by atoms with Gasteiger partial charge in [-0.3, -0.25) is 14.5 Å². The lowest BCUT2D eigenvalue weighted by molar-refractivity contribution is -0.151. The molecule has 1 aromatic carbocycles. The summed E-state index contributed by atoms with van der Waals surface area (Å²) in [5, 5.41) is 0. The molecule has 0 atom stereocenters. The normalized spacial score (nSPS) is 21.9. The Labute approximate surface area is 191 Å². The molecule has 1 aliphatic carbocycles. The van der Waals surface area contributed by atoms with Gasteiger partial charge in [-0.2, -0.15) is 0 Å². The average molecular weight is 437 g/mol. The van der Waals surface area contributed by atoms with Crippen molar-refractivity contribution in [3.63, 3.8) is 0 Å². The minimum atomic E-state index is -0.0781. The molecule has 0 spiro atoms. The second-order valence-corrected chi connectivity index (χ2v) is 9.51. The number of ether oxygens (including phenoxy) is 1. The van der Waals surface area contributed by atoms with Crippen LogP contribution in [0.25, 0.3) is 0 Å². The predicted octanol–water partition coefficient (Wildman–Crippen LogP) is 5.25. The summed E-state index contributed by atoms with van der Waals surface area (Å²) in [4.78, 5) is 27.8. The van der Waals surface area contributed by atoms with Gasteiger partial charge in [-0.15, -0.1) is 0 Å². The van der Waals surface area contributed by atoms with Crippen molar-refractivity contribution < 1.29 is 14.3 Å². The Morgan fingerprint density at radius 1 is 0.969 bits per heavy atom. The van der Waals surface area contributed by atoms with Crippen LogP contribution in [-0.4, -0.2) is 40.9 Å². The monoisotopic (exact) mass is 436 g/mol. The largest absolute Gasteiger partial charge is 0.461 e. The Morgan fingerprint density at radius 3 is 2.34 bits per heavy atom. The van der Waals surface area contributed by atoms with E-state index in [1.807, 2.05) is 30.3 Å². The molecule has 0 radical (unpaired) electrons. The van der Waals surface area contributed by atoms with E-state index < -0.39 is 0 Å². The Balaban J connectivity index is 1.33. The number of piperidine rings is 1. The van der Waals surface area contributed by atoms with Crippen molar-refractivity contribution in [2.75, 3.05) is 19.6 Å². The number of nitrogens with zero attached hydrogens (tertiary/aromatic N) is 2. The molecule has 4 rings (SSSR count). The fourth-order valence-electron chi connectivity index (χ4n) is 5.44. The molecule has 5 nitrogen and oxygen atoms in total. The van der Waals surface area contributed by atoms with Crippen LogP contribution >= 0.6 is 0 Å². The molecule has 2 aliphatic rings. The summed E-state index contributed by atoms with van der Waals surface area (Å²) in [6.45, 7) is 7.13. The number of ketones is 1. The van der Waals surface area contributed by atoms with E-state index in [1.54, 1.807) is 0 Å². The van der Waals surface area contributed by atoms with Crippen LogP contribution in [0.2, 0.25) is 0 Å². The summed E-state index contributed by atoms with van der Waals surface area (Å²) in [6, 6.07) is 12.3. The van der Waals surface area contributed by atoms with Gasteiger partial charge in [0, 0.05) is 23.0 Å². The van der Waals surface area contributed by atoms with Gasteiger partial charge in [0.05, 0.1) is 12.5 Å². The van der Waals surface area contributed by atoms with Crippen LogP contribution < -0.4 is 0 Å². The van der Waals surface area contributed by atoms with E-state index in [2.05, 4.69) is 29.4 Å². The second kappa shape index (κ2) is 10.5. The van der Waals surface area contributed by atoms with E-state index in [-0.39, 0.29) is 17.7 Å². The van der Waals surface area contributed by atoms with Gasteiger partial charge in [0.1, 0.15) is 6.61 Å². The number of Topliss-reactive ketones (excluding diaryl/α,β-unsaturated/α-hetero) is 1. The first-order chi connectivity index (χ1) is 15.5. The van der Waals surface area contributed by atoms with Crippen LogP contribution in [0.5, 0.6) is 0 Å². The van der Waals surface area contributed by atoms with Gasteiger partial charge < -0.3 is 9.30 Å². The number of aryl methyl sites for hydroxylation is 1. The highest BCUT2D eigenvalue weighted by Gasteiger charge is 2.30. The van der Waals surface area contributed by atoms with E-state index >= 15 is 0 Å². The number of likely N-dealkylation sites (tertiary alicyclic amines) is 1. The van der Waals surface area contributed by atoms with Gasteiger partial charge in [0.2, 0.25) is 0 Å². The third kappa shape index (κ3) is 5.32. The van der Waals surface area contributed by atoms with Crippen LogP contribution in [-0.2, 0) is 16.1 Å². The van der Waals surface area contributed by atoms with E-state index in [1.165, 1.54) is 19.3 Å². The van der Waals surface area contributed by atoms with E-state index in [0.717, 1.165) is 61.3 Å². The maximum absolute atomic E-state index is 13.0. The number of hydrogen-bond donors (Lipinski definition) is 0. The van der Waals surface area contributed by atoms with Crippen LogP contribution in [0.4, 0.5) is 0 Å². The lowest BCUT2D eigenvalue weighted by Crippen LogP contribution is -2.34. The van der Waals surface area contributed by atoms with Gasteiger partial charge in [-0.05, 0) is 77.1 Å². The SMILES string of the molecule is Cc1cc(C(=O)CN2CCCCC2)c(C)n1[C@H]1CC[C@H](C(=O)OCc2ccccc2)CC1. The van der Waals surface area contributed by atoms with E-state index in [9.17, 15) is 9.59 Å². The molecule has 0 amide bonds. The molecular weight excluding hydrogens is 400 g/mol. The molecule has 172 valence electrons. The first-order valence-corrected chi connectivity index (χ1v) is 12.2. The molecule has 0 unspecified atom stereocenters. The van der Waals surface area contributed by atoms with Crippen molar-refractivity contribution in [2.24, 2.45) is 5.92 Å². The highest BCUT2D eigenvalue weighted by atomic mass is 16.5. The summed E-state index contributed by atoms with van der Waals surface area (Å²) < 4.78 is 7.91. The van der Waals surface area contributed by atoms with Crippen molar-refractivity contribution in [1.29, 1.82) is 0 Å². The zero-order valence-corrected chi connectivity index (χ0v) is 19.5. The van der Waals surface area contributed by atoms with Gasteiger partial charge in [0.25, 0.3) is 0 Å². The third-order valence-corrected chi connectivity index (χ3v) is 7.22. The molecule has 1 saturated heterocycles. The minimum absolute atomic E-state index is 0.0219. The van der Waals surface area contributed by atoms with Crippen LogP contribution in [0.15, 0.2) is 36.4 Å². The molecule has 0 bridgehead atoms. The van der Waals surface area contributed by atoms with Crippen LogP contribution in [0, 0.1) is 19.8 Å². The van der Waals surface area contributed by atoms with Gasteiger partial charge >= 0.3 is 5.97 Å². The predicted molar refractivity (Wildman–Crippen MR) is 126 cm³/mol. The van der Waals surface area contributed by atoms with Crippen LogP contribution in [0.1, 0.15) is 78.3 Å². The molecule has 0 N–H and O–H groups in total. The topological polar surface area (TPSA) is 51.5 Å². The number of aromatic nitrogens is 1. The first-order valence-electron chi connectivity index (χ1n) is 12.2. The third-order valence-electron chi connectivity index (χ3n) is 7.22. The Kier molecular flexibility index (Phi) is 7.46. The highest BCUT2D eigenvalue weighted by Crippen LogP contribution is 2.36. The summed E-state index contributed by atoms with van der Waals surface area (Å²) in [5.41, 5.74) is 4.13. The fourth-order valence-corrected chi connectivity index (χ4v) is 5.44. The minimum Gasteiger partial charge on any atom is -0.461 e. The second-order valence-electron chi connectivity index (χ2n) is 9.51. The maximum atomic E-state index is 13.0. The molecule has 32 heavy (non-hydrogen) atoms. The number of hydrogen-bond acceptors (Lipinski definition) is 4. The number of carbonyl (C=O) groups is 2. The molecule has 5 heteroatoms. The summed E-state index contributed by atoms with van der Waals surface area (Å²) in [7, 11) is 0. The zero-order chi connectivity index (χ0) is 22.5. The maximum Gasteiger partial charge on any atom is 0.309 e. The van der Waals surface area contributed by atoms with Crippen molar-refractivity contribution in [3.8, 4) is 0 Å². The van der Waals surface area contributed by atoms with Crippen LogP contribution in [0.3, 0.4) is 0 Å². The number of benzene rings is 1. The standard InChI is InChI=1S/C27H36N2O3/c1-20-17-25(26(30)18-28-15-7-4-8-16-28)21(2)29(20)24-13-11-23(12-14-24)27(31)32-19-22-9-5-3-6-10-22/h3,5-6,9-10,17,23-24H,4,7-8,11-16,18-19H2,1-2H3/t23-,24-. The molecule has 1 aliphatic heterocycles. The number of rotatable bonds is 7. The lowest BCUT2D eigenvalue weighted by Gasteiger charge is -2.30. The molecule has 2 aromatic rings. The zero-order valence-electron chi connectivity index (χ0n) is 19.5. The Hall–Kier alpha value is -2.40. The van der Waals surface area contributed by atoms with E-state index in [4.69, 9.17) is 4.74 Å². The van der Waals surface area contributed by atoms with Gasteiger partial charge in [-0.1, -0.05) is 36.8 Å². The summed E-state index contributed by atoms with van der Waals surface area (Å²) >= 11 is 0. The van der Waals surface area contributed by atoms with Gasteiger partial charge in [0.15, 0.2) is 5.78 Å². The molecule has 1 aromatic heterocycles. The smallest absolute Gasteiger partial charge is 0.309 e. The molecule has 1 saturated carbocycles. The lowest BCUT2D eigenvalue weighted by atomic mass is 9.85. The summed E-state index contributed by atoms with van der Waals surface area (Å²) in [6.07, 6.45) is 7.25. The van der Waals surface area contributed by atoms with Crippen molar-refractivity contribution >= 4 is 11.8 Å². The number of carbonyl (C=O) groups excluding carboxylic acids is 2. The molecule has 2 heterocycles. The molecule has 2 fully saturated rings. The van der Waals surface area contributed by atoms with Gasteiger partial charge in [-0.25, -0.2) is 0 Å².